The normalized spacial score (nSPS) is 18.6. The Morgan fingerprint density at radius 2 is 1.71 bits per heavy atom. The van der Waals surface area contributed by atoms with Crippen LogP contribution in [-0.2, 0) is 4.79 Å². The monoisotopic (exact) mass is 380 g/mol. The Labute approximate surface area is 162 Å². The van der Waals surface area contributed by atoms with Crippen molar-refractivity contribution in [2.45, 2.75) is 19.9 Å². The van der Waals surface area contributed by atoms with E-state index in [0.717, 1.165) is 10.5 Å². The molecular formula is C21H20N2O5. The SMILES string of the molecule is Cc1ccc(N2C(=O)N(CC(=O)c3ccc4c(c3)OCCO4)C(=O)C2C)cc1. The first kappa shape index (κ1) is 18.0. The molecule has 28 heavy (non-hydrogen) atoms. The number of aryl methyl sites for hydroxylation is 1. The van der Waals surface area contributed by atoms with Crippen molar-refractivity contribution in [2.75, 3.05) is 24.7 Å². The van der Waals surface area contributed by atoms with Gasteiger partial charge in [-0.05, 0) is 44.2 Å². The van der Waals surface area contributed by atoms with E-state index in [0.29, 0.717) is 36.0 Å². The molecule has 144 valence electrons. The zero-order valence-corrected chi connectivity index (χ0v) is 15.7. The van der Waals surface area contributed by atoms with Gasteiger partial charge in [-0.25, -0.2) is 4.79 Å². The molecule has 0 bridgehead atoms. The van der Waals surface area contributed by atoms with Gasteiger partial charge in [-0.15, -0.1) is 0 Å². The molecule has 4 rings (SSSR count). The third-order valence-corrected chi connectivity index (χ3v) is 4.93. The molecule has 2 aromatic carbocycles. The average Bonchev–Trinajstić information content (AvgIpc) is 2.91. The maximum atomic E-state index is 12.8. The van der Waals surface area contributed by atoms with Crippen molar-refractivity contribution in [1.29, 1.82) is 0 Å². The molecule has 2 aliphatic rings. The van der Waals surface area contributed by atoms with E-state index in [1.165, 1.54) is 4.90 Å². The molecule has 0 aliphatic carbocycles. The van der Waals surface area contributed by atoms with E-state index in [1.54, 1.807) is 37.3 Å². The zero-order valence-electron chi connectivity index (χ0n) is 15.7. The van der Waals surface area contributed by atoms with Gasteiger partial charge in [0.2, 0.25) is 0 Å². The second kappa shape index (κ2) is 6.99. The molecule has 2 aliphatic heterocycles. The molecular weight excluding hydrogens is 360 g/mol. The van der Waals surface area contributed by atoms with Gasteiger partial charge in [0.25, 0.3) is 5.91 Å². The molecule has 0 aromatic heterocycles. The number of fused-ring (bicyclic) bond motifs is 1. The highest BCUT2D eigenvalue weighted by Gasteiger charge is 2.44. The van der Waals surface area contributed by atoms with Crippen molar-refractivity contribution in [1.82, 2.24) is 4.90 Å². The van der Waals surface area contributed by atoms with Gasteiger partial charge in [-0.2, -0.15) is 0 Å². The number of hydrogen-bond donors (Lipinski definition) is 0. The maximum absolute atomic E-state index is 12.8. The van der Waals surface area contributed by atoms with Crippen LogP contribution >= 0.6 is 0 Å². The van der Waals surface area contributed by atoms with Crippen molar-refractivity contribution in [3.05, 3.63) is 53.6 Å². The molecule has 0 spiro atoms. The lowest BCUT2D eigenvalue weighted by Crippen LogP contribution is -2.37. The summed E-state index contributed by atoms with van der Waals surface area (Å²) in [5.74, 6) is 0.342. The van der Waals surface area contributed by atoms with E-state index >= 15 is 0 Å². The number of rotatable bonds is 4. The van der Waals surface area contributed by atoms with Gasteiger partial charge in [0.15, 0.2) is 17.3 Å². The van der Waals surface area contributed by atoms with Crippen LogP contribution in [0.1, 0.15) is 22.8 Å². The molecule has 1 fully saturated rings. The first-order valence-electron chi connectivity index (χ1n) is 9.10. The van der Waals surface area contributed by atoms with E-state index in [4.69, 9.17) is 9.47 Å². The summed E-state index contributed by atoms with van der Waals surface area (Å²) in [5.41, 5.74) is 2.05. The molecule has 0 saturated carbocycles. The molecule has 0 radical (unpaired) electrons. The number of imide groups is 1. The predicted molar refractivity (Wildman–Crippen MR) is 102 cm³/mol. The van der Waals surface area contributed by atoms with Crippen LogP contribution in [0.5, 0.6) is 11.5 Å². The van der Waals surface area contributed by atoms with E-state index in [1.807, 2.05) is 19.1 Å². The highest BCUT2D eigenvalue weighted by Crippen LogP contribution is 2.31. The summed E-state index contributed by atoms with van der Waals surface area (Å²) in [6, 6.07) is 11.1. The molecule has 2 aromatic rings. The number of ether oxygens (including phenoxy) is 2. The molecule has 7 heteroatoms. The Morgan fingerprint density at radius 1 is 1.04 bits per heavy atom. The Bertz CT molecular complexity index is 954. The van der Waals surface area contributed by atoms with Gasteiger partial charge >= 0.3 is 6.03 Å². The minimum Gasteiger partial charge on any atom is -0.486 e. The highest BCUT2D eigenvalue weighted by molar-refractivity contribution is 6.16. The number of Topliss-reactive ketones (excluding diaryl/α,β-unsaturated/α-hetero) is 1. The number of benzene rings is 2. The number of anilines is 1. The number of ketones is 1. The molecule has 7 nitrogen and oxygen atoms in total. The number of carbonyl (C=O) groups is 3. The summed E-state index contributed by atoms with van der Waals surface area (Å²) in [7, 11) is 0. The summed E-state index contributed by atoms with van der Waals surface area (Å²) in [6.07, 6.45) is 0. The second-order valence-electron chi connectivity index (χ2n) is 6.87. The van der Waals surface area contributed by atoms with Gasteiger partial charge in [-0.1, -0.05) is 17.7 Å². The minimum absolute atomic E-state index is 0.315. The van der Waals surface area contributed by atoms with Gasteiger partial charge in [0.1, 0.15) is 19.3 Å². The Balaban J connectivity index is 1.54. The van der Waals surface area contributed by atoms with E-state index in [-0.39, 0.29) is 12.3 Å². The van der Waals surface area contributed by atoms with Gasteiger partial charge in [-0.3, -0.25) is 19.4 Å². The fourth-order valence-corrected chi connectivity index (χ4v) is 3.36. The Hall–Kier alpha value is -3.35. The average molecular weight is 380 g/mol. The number of carbonyl (C=O) groups excluding carboxylic acids is 3. The van der Waals surface area contributed by atoms with Crippen LogP contribution in [0.2, 0.25) is 0 Å². The molecule has 1 atom stereocenters. The number of hydrogen-bond acceptors (Lipinski definition) is 5. The van der Waals surface area contributed by atoms with Crippen molar-refractivity contribution >= 4 is 23.4 Å². The summed E-state index contributed by atoms with van der Waals surface area (Å²) in [4.78, 5) is 40.6. The third-order valence-electron chi connectivity index (χ3n) is 4.93. The van der Waals surface area contributed by atoms with Gasteiger partial charge < -0.3 is 9.47 Å². The Kier molecular flexibility index (Phi) is 4.50. The van der Waals surface area contributed by atoms with Crippen molar-refractivity contribution in [2.24, 2.45) is 0 Å². The lowest BCUT2D eigenvalue weighted by Gasteiger charge is -2.20. The fraction of sp³-hybridized carbons (Fsp3) is 0.286. The van der Waals surface area contributed by atoms with Crippen molar-refractivity contribution < 1.29 is 23.9 Å². The lowest BCUT2D eigenvalue weighted by atomic mass is 10.1. The van der Waals surface area contributed by atoms with Crippen LogP contribution in [-0.4, -0.2) is 48.4 Å². The van der Waals surface area contributed by atoms with E-state index in [2.05, 4.69) is 0 Å². The van der Waals surface area contributed by atoms with Crippen LogP contribution in [0.15, 0.2) is 42.5 Å². The van der Waals surface area contributed by atoms with Gasteiger partial charge in [0, 0.05) is 11.3 Å². The van der Waals surface area contributed by atoms with Crippen molar-refractivity contribution in [3.63, 3.8) is 0 Å². The zero-order chi connectivity index (χ0) is 19.8. The van der Waals surface area contributed by atoms with Gasteiger partial charge in [0.05, 0.1) is 6.54 Å². The van der Waals surface area contributed by atoms with Crippen LogP contribution < -0.4 is 14.4 Å². The van der Waals surface area contributed by atoms with E-state index in [9.17, 15) is 14.4 Å². The summed E-state index contributed by atoms with van der Waals surface area (Å²) < 4.78 is 10.9. The van der Waals surface area contributed by atoms with Crippen LogP contribution in [0.4, 0.5) is 10.5 Å². The molecule has 1 unspecified atom stereocenters. The molecule has 0 N–H and O–H groups in total. The third kappa shape index (κ3) is 3.09. The molecule has 3 amide bonds. The Morgan fingerprint density at radius 3 is 2.43 bits per heavy atom. The predicted octanol–water partition coefficient (Wildman–Crippen LogP) is 2.81. The standard InChI is InChI=1S/C21H20N2O5/c1-13-3-6-16(7-4-13)23-14(2)20(25)22(21(23)26)12-17(24)15-5-8-18-19(11-15)28-10-9-27-18/h3-8,11,14H,9-10,12H2,1-2H3. The largest absolute Gasteiger partial charge is 0.486 e. The quantitative estimate of drug-likeness (QED) is 0.602. The van der Waals surface area contributed by atoms with Crippen molar-refractivity contribution in [3.8, 4) is 11.5 Å². The first-order chi connectivity index (χ1) is 13.5. The molecule has 2 heterocycles. The smallest absolute Gasteiger partial charge is 0.332 e. The minimum atomic E-state index is -0.664. The van der Waals surface area contributed by atoms with Crippen LogP contribution in [0.25, 0.3) is 0 Å². The van der Waals surface area contributed by atoms with E-state index < -0.39 is 18.0 Å². The maximum Gasteiger partial charge on any atom is 0.332 e. The number of urea groups is 1. The second-order valence-corrected chi connectivity index (χ2v) is 6.87. The fourth-order valence-electron chi connectivity index (χ4n) is 3.36. The topological polar surface area (TPSA) is 76.2 Å². The van der Waals surface area contributed by atoms with Crippen LogP contribution in [0, 0.1) is 6.92 Å². The molecule has 1 saturated heterocycles. The number of amides is 3. The number of nitrogens with zero attached hydrogens (tertiary/aromatic N) is 2. The first-order valence-corrected chi connectivity index (χ1v) is 9.10. The lowest BCUT2D eigenvalue weighted by molar-refractivity contribution is -0.126. The summed E-state index contributed by atoms with van der Waals surface area (Å²) >= 11 is 0. The highest BCUT2D eigenvalue weighted by atomic mass is 16.6. The van der Waals surface area contributed by atoms with Crippen LogP contribution in [0.3, 0.4) is 0 Å². The summed E-state index contributed by atoms with van der Waals surface area (Å²) in [6.45, 7) is 4.17. The summed E-state index contributed by atoms with van der Waals surface area (Å²) in [5, 5.41) is 0.